The molecule has 0 atom stereocenters. The van der Waals surface area contributed by atoms with Crippen LogP contribution in [0.15, 0.2) is 17.3 Å². The van der Waals surface area contributed by atoms with Gasteiger partial charge in [0.15, 0.2) is 0 Å². The molecule has 0 aromatic rings. The van der Waals surface area contributed by atoms with Crippen LogP contribution in [0.2, 0.25) is 19.6 Å². The molecule has 12 heavy (non-hydrogen) atoms. The van der Waals surface area contributed by atoms with Crippen LogP contribution < -0.4 is 24.8 Å². The summed E-state index contributed by atoms with van der Waals surface area (Å²) >= 11 is 0. The Bertz CT molecular complexity index is 170. The second kappa shape index (κ2) is 7.55. The Kier molecular flexibility index (Phi) is 11.9. The van der Waals surface area contributed by atoms with Gasteiger partial charge in [0.1, 0.15) is 0 Å². The molecule has 0 saturated carbocycles. The van der Waals surface area contributed by atoms with Gasteiger partial charge in [-0.05, 0) is 0 Å². The first-order valence-electron chi connectivity index (χ1n) is 3.38. The van der Waals surface area contributed by atoms with E-state index < -0.39 is 8.07 Å². The first-order valence-corrected chi connectivity index (χ1v) is 6.88. The molecule has 0 fully saturated rings. The molecule has 0 saturated heterocycles. The molecule has 1 rings (SSSR count). The van der Waals surface area contributed by atoms with Crippen molar-refractivity contribution in [2.45, 2.75) is 26.1 Å². The molecule has 0 heterocycles. The molecule has 0 aromatic carbocycles. The van der Waals surface area contributed by atoms with Crippen LogP contribution in [-0.4, -0.2) is 8.07 Å². The van der Waals surface area contributed by atoms with Crippen LogP contribution in [0.5, 0.6) is 0 Å². The van der Waals surface area contributed by atoms with Gasteiger partial charge in [0.25, 0.3) is 0 Å². The van der Waals surface area contributed by atoms with E-state index in [9.17, 15) is 0 Å². The molecular weight excluding hydrogens is 286 g/mol. The van der Waals surface area contributed by atoms with Crippen molar-refractivity contribution in [1.29, 1.82) is 0 Å². The third-order valence-corrected chi connectivity index (χ3v) is 3.46. The van der Waals surface area contributed by atoms with Crippen LogP contribution in [0.25, 0.3) is 0 Å². The molecule has 0 nitrogen and oxygen atoms in total. The molecule has 4 heteroatoms. The minimum Gasteiger partial charge on any atom is -1.00 e. The van der Waals surface area contributed by atoms with Gasteiger partial charge in [-0.1, -0.05) is 19.6 Å². The van der Waals surface area contributed by atoms with Gasteiger partial charge in [0.05, 0.1) is 0 Å². The standard InChI is InChI=1S/C8H13Si.2ClH.Zr/c1-9(2,3)8-6-4-5-7-8;;;/h4,6H,5H2,1-3H3;2*1H;/q-1;;;+3/p-2. The van der Waals surface area contributed by atoms with Gasteiger partial charge in [-0.2, -0.15) is 6.08 Å². The van der Waals surface area contributed by atoms with Crippen molar-refractivity contribution < 1.29 is 51.0 Å². The maximum Gasteiger partial charge on any atom is 3.00 e. The third-order valence-electron chi connectivity index (χ3n) is 1.50. The summed E-state index contributed by atoms with van der Waals surface area (Å²) in [6, 6.07) is 0. The quantitative estimate of drug-likeness (QED) is 0.349. The zero-order valence-electron chi connectivity index (χ0n) is 7.62. The van der Waals surface area contributed by atoms with E-state index in [4.69, 9.17) is 0 Å². The average Bonchev–Trinajstić information content (AvgIpc) is 2.08. The maximum atomic E-state index is 3.36. The molecule has 1 aliphatic rings. The fourth-order valence-electron chi connectivity index (χ4n) is 0.920. The van der Waals surface area contributed by atoms with Gasteiger partial charge >= 0.3 is 26.2 Å². The minimum absolute atomic E-state index is 0. The minimum atomic E-state index is -1.01. The topological polar surface area (TPSA) is 0 Å². The zero-order chi connectivity index (χ0) is 6.91. The van der Waals surface area contributed by atoms with Crippen molar-refractivity contribution in [3.63, 3.8) is 0 Å². The SMILES string of the molecule is C[Si](C)(C)C1=[C-]CC=C1.[Cl-].[Cl-].[Zr+3]. The van der Waals surface area contributed by atoms with Crippen LogP contribution in [0, 0.1) is 6.08 Å². The summed E-state index contributed by atoms with van der Waals surface area (Å²) in [7, 11) is -1.01. The van der Waals surface area contributed by atoms with E-state index in [1.54, 1.807) is 0 Å². The van der Waals surface area contributed by atoms with Crippen molar-refractivity contribution >= 4 is 8.07 Å². The molecule has 0 unspecified atom stereocenters. The van der Waals surface area contributed by atoms with Crippen LogP contribution in [0.4, 0.5) is 0 Å². The fourth-order valence-corrected chi connectivity index (χ4v) is 2.17. The zero-order valence-corrected chi connectivity index (χ0v) is 12.6. The van der Waals surface area contributed by atoms with E-state index in [2.05, 4.69) is 37.9 Å². The van der Waals surface area contributed by atoms with E-state index in [1.807, 2.05) is 0 Å². The first kappa shape index (κ1) is 18.9. The summed E-state index contributed by atoms with van der Waals surface area (Å²) in [6.45, 7) is 7.06. The van der Waals surface area contributed by atoms with Gasteiger partial charge < -0.3 is 24.8 Å². The Morgan fingerprint density at radius 2 is 1.75 bits per heavy atom. The number of allylic oxidation sites excluding steroid dienone is 4. The van der Waals surface area contributed by atoms with Crippen molar-refractivity contribution in [3.8, 4) is 0 Å². The van der Waals surface area contributed by atoms with Crippen LogP contribution >= 0.6 is 0 Å². The largest absolute Gasteiger partial charge is 3.00 e. The number of hydrogen-bond donors (Lipinski definition) is 0. The van der Waals surface area contributed by atoms with Crippen LogP contribution in [0.3, 0.4) is 0 Å². The Balaban J connectivity index is -0.000000270. The Hall–Kier alpha value is 1.16. The summed E-state index contributed by atoms with van der Waals surface area (Å²) in [5, 5.41) is 1.49. The number of rotatable bonds is 1. The smallest absolute Gasteiger partial charge is 1.00 e. The van der Waals surface area contributed by atoms with E-state index in [0.29, 0.717) is 0 Å². The molecule has 67 valence electrons. The fraction of sp³-hybridized carbons (Fsp3) is 0.500. The first-order chi connectivity index (χ1) is 4.11. The molecule has 0 N–H and O–H groups in total. The normalized spacial score (nSPS) is 13.8. The molecule has 0 bridgehead atoms. The van der Waals surface area contributed by atoms with Crippen LogP contribution in [0.1, 0.15) is 6.42 Å². The number of halogens is 2. The van der Waals surface area contributed by atoms with Gasteiger partial charge in [-0.15, -0.1) is 6.42 Å². The number of hydrogen-bond acceptors (Lipinski definition) is 0. The van der Waals surface area contributed by atoms with Gasteiger partial charge in [0, 0.05) is 8.07 Å². The van der Waals surface area contributed by atoms with Crippen molar-refractivity contribution in [1.82, 2.24) is 0 Å². The monoisotopic (exact) mass is 297 g/mol. The predicted molar refractivity (Wildman–Crippen MR) is 43.9 cm³/mol. The predicted octanol–water partition coefficient (Wildman–Crippen LogP) is -3.44. The molecule has 1 radical (unpaired) electrons. The van der Waals surface area contributed by atoms with Gasteiger partial charge in [-0.25, -0.2) is 11.3 Å². The summed E-state index contributed by atoms with van der Waals surface area (Å²) in [5.74, 6) is 0. The van der Waals surface area contributed by atoms with E-state index in [-0.39, 0.29) is 51.0 Å². The van der Waals surface area contributed by atoms with Crippen molar-refractivity contribution in [3.05, 3.63) is 23.4 Å². The summed E-state index contributed by atoms with van der Waals surface area (Å²) < 4.78 is 0. The van der Waals surface area contributed by atoms with E-state index >= 15 is 0 Å². The Morgan fingerprint density at radius 3 is 1.92 bits per heavy atom. The summed E-state index contributed by atoms with van der Waals surface area (Å²) in [6.07, 6.45) is 8.82. The second-order valence-electron chi connectivity index (χ2n) is 3.45. The van der Waals surface area contributed by atoms with E-state index in [1.165, 1.54) is 5.20 Å². The maximum absolute atomic E-state index is 3.36. The van der Waals surface area contributed by atoms with Crippen molar-refractivity contribution in [2.75, 3.05) is 0 Å². The molecule has 0 aromatic heterocycles. The average molecular weight is 299 g/mol. The molecule has 0 aliphatic heterocycles. The Labute approximate surface area is 108 Å². The Morgan fingerprint density at radius 1 is 1.25 bits per heavy atom. The van der Waals surface area contributed by atoms with Crippen LogP contribution in [-0.2, 0) is 26.2 Å². The van der Waals surface area contributed by atoms with Gasteiger partial charge in [-0.3, -0.25) is 6.08 Å². The second-order valence-corrected chi connectivity index (χ2v) is 8.49. The molecule has 0 spiro atoms. The molecule has 1 aliphatic carbocycles. The van der Waals surface area contributed by atoms with Gasteiger partial charge in [0.2, 0.25) is 0 Å². The third kappa shape index (κ3) is 5.75. The van der Waals surface area contributed by atoms with Crippen molar-refractivity contribution in [2.24, 2.45) is 0 Å². The molecule has 0 amide bonds. The van der Waals surface area contributed by atoms with E-state index in [0.717, 1.165) is 6.42 Å². The summed E-state index contributed by atoms with van der Waals surface area (Å²) in [4.78, 5) is 0. The summed E-state index contributed by atoms with van der Waals surface area (Å²) in [5.41, 5.74) is 0. The molecular formula is C8H13Cl2SiZr.